The molecule has 0 radical (unpaired) electrons. The van der Waals surface area contributed by atoms with Crippen molar-refractivity contribution in [2.45, 2.75) is 13.1 Å². The summed E-state index contributed by atoms with van der Waals surface area (Å²) in [5, 5.41) is 0. The van der Waals surface area contributed by atoms with Crippen molar-refractivity contribution in [1.29, 1.82) is 0 Å². The molecule has 1 rings (SSSR count). The molecule has 0 saturated carbocycles. The van der Waals surface area contributed by atoms with Crippen LogP contribution in [0.2, 0.25) is 0 Å². The Labute approximate surface area is 119 Å². The van der Waals surface area contributed by atoms with E-state index in [9.17, 15) is 22.8 Å². The Balaban J connectivity index is 3.01. The van der Waals surface area contributed by atoms with Crippen LogP contribution >= 0.6 is 0 Å². The minimum absolute atomic E-state index is 0.121. The number of carbonyl (C=O) groups excluding carboxylic acids is 2. The molecule has 112 valence electrons. The van der Waals surface area contributed by atoms with E-state index in [1.54, 1.807) is 30.3 Å². The van der Waals surface area contributed by atoms with Crippen molar-refractivity contribution in [3.8, 4) is 0 Å². The minimum atomic E-state index is -5.13. The number of rotatable bonds is 5. The summed E-state index contributed by atoms with van der Waals surface area (Å²) in [4.78, 5) is 22.6. The average molecular weight is 298 g/mol. The highest BCUT2D eigenvalue weighted by Gasteiger charge is 2.43. The van der Waals surface area contributed by atoms with Crippen LogP contribution < -0.4 is 0 Å². The minimum Gasteiger partial charge on any atom is -0.462 e. The number of allylic oxidation sites excluding steroid dienone is 2. The number of esters is 1. The molecule has 0 aliphatic rings. The van der Waals surface area contributed by atoms with Crippen LogP contribution in [0.3, 0.4) is 0 Å². The molecule has 1 aromatic rings. The van der Waals surface area contributed by atoms with Gasteiger partial charge in [-0.25, -0.2) is 4.79 Å². The third-order valence-corrected chi connectivity index (χ3v) is 2.35. The van der Waals surface area contributed by atoms with Gasteiger partial charge in [-0.05, 0) is 18.6 Å². The van der Waals surface area contributed by atoms with E-state index in [1.807, 2.05) is 0 Å². The quantitative estimate of drug-likeness (QED) is 0.275. The molecule has 0 amide bonds. The highest BCUT2D eigenvalue weighted by atomic mass is 19.4. The summed E-state index contributed by atoms with van der Waals surface area (Å²) < 4.78 is 41.7. The Hall–Kier alpha value is -2.37. The molecule has 0 bridgehead atoms. The van der Waals surface area contributed by atoms with Crippen LogP contribution in [0.25, 0.3) is 6.08 Å². The zero-order chi connectivity index (χ0) is 15.9. The summed E-state index contributed by atoms with van der Waals surface area (Å²) in [7, 11) is 0. The van der Waals surface area contributed by atoms with Crippen LogP contribution in [0.4, 0.5) is 13.2 Å². The third kappa shape index (κ3) is 5.25. The number of hydrogen-bond donors (Lipinski definition) is 0. The fourth-order valence-electron chi connectivity index (χ4n) is 1.42. The normalized spacial score (nSPS) is 12.5. The summed E-state index contributed by atoms with van der Waals surface area (Å²) in [6.45, 7) is 1.32. The molecule has 0 N–H and O–H groups in total. The Kier molecular flexibility index (Phi) is 5.90. The zero-order valence-corrected chi connectivity index (χ0v) is 11.2. The van der Waals surface area contributed by atoms with Crippen molar-refractivity contribution in [3.63, 3.8) is 0 Å². The molecule has 6 heteroatoms. The van der Waals surface area contributed by atoms with Gasteiger partial charge in [-0.1, -0.05) is 42.5 Å². The third-order valence-electron chi connectivity index (χ3n) is 2.35. The predicted octanol–water partition coefficient (Wildman–Crippen LogP) is 3.32. The van der Waals surface area contributed by atoms with Gasteiger partial charge >= 0.3 is 12.1 Å². The van der Waals surface area contributed by atoms with Gasteiger partial charge in [0.25, 0.3) is 5.78 Å². The predicted molar refractivity (Wildman–Crippen MR) is 71.3 cm³/mol. The number of hydrogen-bond acceptors (Lipinski definition) is 3. The first-order valence-corrected chi connectivity index (χ1v) is 6.08. The van der Waals surface area contributed by atoms with E-state index in [0.29, 0.717) is 0 Å². The second-order valence-electron chi connectivity index (χ2n) is 3.90. The molecule has 0 heterocycles. The highest BCUT2D eigenvalue weighted by molar-refractivity contribution is 6.19. The lowest BCUT2D eigenvalue weighted by atomic mass is 10.1. The first-order chi connectivity index (χ1) is 9.86. The Bertz CT molecular complexity index is 557. The van der Waals surface area contributed by atoms with Crippen LogP contribution in [0.15, 0.2) is 48.1 Å². The van der Waals surface area contributed by atoms with Gasteiger partial charge in [0.15, 0.2) is 0 Å². The van der Waals surface area contributed by atoms with E-state index in [4.69, 9.17) is 0 Å². The lowest BCUT2D eigenvalue weighted by molar-refractivity contribution is -0.168. The van der Waals surface area contributed by atoms with Gasteiger partial charge in [0, 0.05) is 0 Å². The fourth-order valence-corrected chi connectivity index (χ4v) is 1.42. The molecule has 0 unspecified atom stereocenters. The van der Waals surface area contributed by atoms with Gasteiger partial charge in [0.2, 0.25) is 0 Å². The smallest absolute Gasteiger partial charge is 0.455 e. The molecule has 0 aliphatic heterocycles. The van der Waals surface area contributed by atoms with E-state index >= 15 is 0 Å². The average Bonchev–Trinajstić information content (AvgIpc) is 2.43. The van der Waals surface area contributed by atoms with Crippen molar-refractivity contribution < 1.29 is 27.5 Å². The number of ketones is 1. The van der Waals surface area contributed by atoms with Crippen molar-refractivity contribution in [1.82, 2.24) is 0 Å². The lowest BCUT2D eigenvalue weighted by Gasteiger charge is -2.07. The van der Waals surface area contributed by atoms with Crippen LogP contribution in [-0.2, 0) is 14.3 Å². The number of benzene rings is 1. The van der Waals surface area contributed by atoms with Gasteiger partial charge < -0.3 is 4.74 Å². The summed E-state index contributed by atoms with van der Waals surface area (Å²) in [6, 6.07) is 8.72. The van der Waals surface area contributed by atoms with Gasteiger partial charge in [-0.15, -0.1) is 0 Å². The monoisotopic (exact) mass is 298 g/mol. The maximum absolute atomic E-state index is 12.4. The molecular weight excluding hydrogens is 285 g/mol. The van der Waals surface area contributed by atoms with Gasteiger partial charge in [0.05, 0.1) is 6.61 Å². The molecule has 0 aliphatic carbocycles. The second-order valence-corrected chi connectivity index (χ2v) is 3.90. The molecule has 21 heavy (non-hydrogen) atoms. The maximum Gasteiger partial charge on any atom is 0.455 e. The molecular formula is C15H13F3O3. The number of alkyl halides is 3. The molecule has 0 spiro atoms. The first-order valence-electron chi connectivity index (χ1n) is 6.08. The van der Waals surface area contributed by atoms with E-state index in [2.05, 4.69) is 4.74 Å². The number of ether oxygens (including phenoxy) is 1. The van der Waals surface area contributed by atoms with Gasteiger partial charge in [-0.3, -0.25) is 4.79 Å². The van der Waals surface area contributed by atoms with E-state index in [0.717, 1.165) is 11.6 Å². The summed E-state index contributed by atoms with van der Waals surface area (Å²) in [5.41, 5.74) is -0.326. The topological polar surface area (TPSA) is 43.4 Å². The van der Waals surface area contributed by atoms with Crippen molar-refractivity contribution >= 4 is 17.8 Å². The molecule has 0 atom stereocenters. The van der Waals surface area contributed by atoms with Crippen molar-refractivity contribution in [2.24, 2.45) is 0 Å². The summed E-state index contributed by atoms with van der Waals surface area (Å²) >= 11 is 0. The van der Waals surface area contributed by atoms with E-state index in [1.165, 1.54) is 19.1 Å². The highest BCUT2D eigenvalue weighted by Crippen LogP contribution is 2.21. The number of carbonyl (C=O) groups is 2. The Morgan fingerprint density at radius 3 is 2.33 bits per heavy atom. The van der Waals surface area contributed by atoms with Crippen LogP contribution in [0.1, 0.15) is 12.5 Å². The van der Waals surface area contributed by atoms with Gasteiger partial charge in [-0.2, -0.15) is 13.2 Å². The zero-order valence-electron chi connectivity index (χ0n) is 11.2. The fraction of sp³-hybridized carbons (Fsp3) is 0.200. The van der Waals surface area contributed by atoms with Crippen LogP contribution in [0, 0.1) is 0 Å². The molecule has 0 saturated heterocycles. The number of halogens is 3. The van der Waals surface area contributed by atoms with Crippen LogP contribution in [0.5, 0.6) is 0 Å². The standard InChI is InChI=1S/C15H13F3O3/c1-2-21-14(20)12(13(19)15(16,17)18)10-6-9-11-7-4-3-5-8-11/h3-10H,2H2,1H3/b9-6+,12-10+. The van der Waals surface area contributed by atoms with Crippen molar-refractivity contribution in [3.05, 3.63) is 53.6 Å². The lowest BCUT2D eigenvalue weighted by Crippen LogP contribution is -2.29. The maximum atomic E-state index is 12.4. The molecule has 3 nitrogen and oxygen atoms in total. The number of Topliss-reactive ketones (excluding diaryl/α,β-unsaturated/α-hetero) is 1. The molecule has 0 aromatic heterocycles. The Morgan fingerprint density at radius 2 is 1.81 bits per heavy atom. The van der Waals surface area contributed by atoms with Gasteiger partial charge in [0.1, 0.15) is 5.57 Å². The molecule has 1 aromatic carbocycles. The van der Waals surface area contributed by atoms with Crippen molar-refractivity contribution in [2.75, 3.05) is 6.61 Å². The second kappa shape index (κ2) is 7.42. The Morgan fingerprint density at radius 1 is 1.19 bits per heavy atom. The van der Waals surface area contributed by atoms with E-state index in [-0.39, 0.29) is 6.61 Å². The largest absolute Gasteiger partial charge is 0.462 e. The molecule has 0 fully saturated rings. The van der Waals surface area contributed by atoms with E-state index < -0.39 is 23.5 Å². The summed E-state index contributed by atoms with van der Waals surface area (Å²) in [6.07, 6.45) is -1.64. The summed E-state index contributed by atoms with van der Waals surface area (Å²) in [5.74, 6) is -3.52. The van der Waals surface area contributed by atoms with Crippen LogP contribution in [-0.4, -0.2) is 24.5 Å². The first kappa shape index (κ1) is 16.7. The SMILES string of the molecule is CCOC(=O)/C(=C/C=C/c1ccccc1)C(=O)C(F)(F)F.